The molecule has 0 saturated carbocycles. The van der Waals surface area contributed by atoms with Crippen LogP contribution in [0.1, 0.15) is 10.4 Å². The number of hydrogen-bond acceptors (Lipinski definition) is 3. The lowest BCUT2D eigenvalue weighted by Crippen LogP contribution is -1.86. The molecule has 0 spiro atoms. The van der Waals surface area contributed by atoms with Gasteiger partial charge in [0.1, 0.15) is 18.2 Å². The van der Waals surface area contributed by atoms with Crippen LogP contribution in [-0.2, 0) is 5.75 Å². The lowest BCUT2D eigenvalue weighted by molar-refractivity contribution is 0.350. The Kier molecular flexibility index (Phi) is 4.97. The van der Waals surface area contributed by atoms with Gasteiger partial charge in [-0.05, 0) is 29.6 Å². The van der Waals surface area contributed by atoms with Gasteiger partial charge < -0.3 is 5.11 Å². The van der Waals surface area contributed by atoms with Crippen LogP contribution in [0.2, 0.25) is 0 Å². The molecule has 19 heavy (non-hydrogen) atoms. The van der Waals surface area contributed by atoms with E-state index in [1.165, 1.54) is 29.2 Å². The van der Waals surface area contributed by atoms with Crippen molar-refractivity contribution >= 4 is 23.1 Å². The summed E-state index contributed by atoms with van der Waals surface area (Å²) in [5, 5.41) is 10.6. The summed E-state index contributed by atoms with van der Waals surface area (Å²) in [4.78, 5) is 1.27. The third kappa shape index (κ3) is 3.80. The Balaban J connectivity index is 2.10. The molecule has 1 N–H and O–H groups in total. The molecule has 0 amide bonds. The summed E-state index contributed by atoms with van der Waals surface area (Å²) in [6.45, 7) is -0.193. The molecular formula is C14H10F2OS2. The second kappa shape index (κ2) is 6.71. The van der Waals surface area contributed by atoms with Gasteiger partial charge in [0.2, 0.25) is 0 Å². The number of thiophene rings is 1. The van der Waals surface area contributed by atoms with Gasteiger partial charge in [-0.25, -0.2) is 8.78 Å². The molecule has 2 rings (SSSR count). The van der Waals surface area contributed by atoms with Crippen molar-refractivity contribution in [2.75, 3.05) is 6.61 Å². The summed E-state index contributed by atoms with van der Waals surface area (Å²) in [6, 6.07) is 5.26. The molecule has 0 aliphatic heterocycles. The number of hydrogen-bond donors (Lipinski definition) is 1. The molecule has 1 aromatic carbocycles. The van der Waals surface area contributed by atoms with Gasteiger partial charge in [0.15, 0.2) is 0 Å². The van der Waals surface area contributed by atoms with Crippen LogP contribution in [0.5, 0.6) is 0 Å². The molecule has 0 bridgehead atoms. The molecule has 0 aliphatic rings. The summed E-state index contributed by atoms with van der Waals surface area (Å²) >= 11 is 2.74. The minimum Gasteiger partial charge on any atom is -0.384 e. The van der Waals surface area contributed by atoms with Gasteiger partial charge >= 0.3 is 0 Å². The van der Waals surface area contributed by atoms with Gasteiger partial charge in [-0.1, -0.05) is 11.8 Å². The van der Waals surface area contributed by atoms with Crippen molar-refractivity contribution < 1.29 is 13.9 Å². The van der Waals surface area contributed by atoms with Crippen LogP contribution in [0.25, 0.3) is 0 Å². The molecule has 0 radical (unpaired) electrons. The predicted octanol–water partition coefficient (Wildman–Crippen LogP) is 3.66. The van der Waals surface area contributed by atoms with Crippen LogP contribution in [-0.4, -0.2) is 11.7 Å². The molecule has 5 heteroatoms. The highest BCUT2D eigenvalue weighted by atomic mass is 32.2. The van der Waals surface area contributed by atoms with Crippen LogP contribution in [0.3, 0.4) is 0 Å². The average molecular weight is 296 g/mol. The van der Waals surface area contributed by atoms with Gasteiger partial charge in [0.05, 0.1) is 0 Å². The number of thioether (sulfide) groups is 1. The lowest BCUT2D eigenvalue weighted by Gasteiger charge is -2.02. The summed E-state index contributed by atoms with van der Waals surface area (Å²) in [5.74, 6) is 5.06. The van der Waals surface area contributed by atoms with Gasteiger partial charge in [-0.15, -0.1) is 23.1 Å². The molecule has 98 valence electrons. The Morgan fingerprint density at radius 3 is 2.89 bits per heavy atom. The first-order chi connectivity index (χ1) is 9.20. The fourth-order valence-electron chi connectivity index (χ4n) is 1.43. The zero-order valence-corrected chi connectivity index (χ0v) is 11.5. The highest BCUT2D eigenvalue weighted by Crippen LogP contribution is 2.29. The zero-order valence-electron chi connectivity index (χ0n) is 9.82. The number of rotatable bonds is 3. The summed E-state index contributed by atoms with van der Waals surface area (Å²) in [5.41, 5.74) is 0.823. The molecule has 0 unspecified atom stereocenters. The minimum atomic E-state index is -0.449. The van der Waals surface area contributed by atoms with Crippen LogP contribution in [0.4, 0.5) is 8.78 Å². The number of aliphatic hydroxyl groups excluding tert-OH is 1. The fraction of sp³-hybridized carbons (Fsp3) is 0.143. The zero-order chi connectivity index (χ0) is 13.7. The SMILES string of the molecule is OCC#Cc1ccsc1CSc1cc(F)ccc1F. The Bertz CT molecular complexity index is 626. The van der Waals surface area contributed by atoms with Gasteiger partial charge in [-0.2, -0.15) is 0 Å². The van der Waals surface area contributed by atoms with E-state index in [4.69, 9.17) is 5.11 Å². The van der Waals surface area contributed by atoms with Gasteiger partial charge in [-0.3, -0.25) is 0 Å². The van der Waals surface area contributed by atoms with Crippen molar-refractivity contribution in [2.45, 2.75) is 10.6 Å². The van der Waals surface area contributed by atoms with Crippen molar-refractivity contribution in [1.82, 2.24) is 0 Å². The van der Waals surface area contributed by atoms with Crippen LogP contribution >= 0.6 is 23.1 Å². The molecule has 1 nitrogen and oxygen atoms in total. The number of halogens is 2. The topological polar surface area (TPSA) is 20.2 Å². The van der Waals surface area contributed by atoms with E-state index in [2.05, 4.69) is 11.8 Å². The van der Waals surface area contributed by atoms with Crippen molar-refractivity contribution in [2.24, 2.45) is 0 Å². The van der Waals surface area contributed by atoms with E-state index in [1.54, 1.807) is 0 Å². The third-order valence-electron chi connectivity index (χ3n) is 2.30. The van der Waals surface area contributed by atoms with Gasteiger partial charge in [0, 0.05) is 21.1 Å². The Hall–Kier alpha value is -1.35. The smallest absolute Gasteiger partial charge is 0.136 e. The van der Waals surface area contributed by atoms with Crippen molar-refractivity contribution in [3.63, 3.8) is 0 Å². The minimum absolute atomic E-state index is 0.193. The summed E-state index contributed by atoms with van der Waals surface area (Å²) in [7, 11) is 0. The van der Waals surface area contributed by atoms with Crippen LogP contribution < -0.4 is 0 Å². The van der Waals surface area contributed by atoms with E-state index in [0.29, 0.717) is 5.75 Å². The van der Waals surface area contributed by atoms with Crippen molar-refractivity contribution in [3.8, 4) is 11.8 Å². The third-order valence-corrected chi connectivity index (χ3v) is 4.46. The molecule has 0 aliphatic carbocycles. The maximum Gasteiger partial charge on any atom is 0.136 e. The second-order valence-electron chi connectivity index (χ2n) is 3.58. The monoisotopic (exact) mass is 296 g/mol. The highest BCUT2D eigenvalue weighted by molar-refractivity contribution is 7.98. The first-order valence-corrected chi connectivity index (χ1v) is 7.31. The molecule has 0 saturated heterocycles. The Morgan fingerprint density at radius 2 is 2.11 bits per heavy atom. The summed E-state index contributed by atoms with van der Waals surface area (Å²) < 4.78 is 26.5. The van der Waals surface area contributed by atoms with Crippen LogP contribution in [0, 0.1) is 23.5 Å². The highest BCUT2D eigenvalue weighted by Gasteiger charge is 2.07. The van der Waals surface area contributed by atoms with E-state index < -0.39 is 11.6 Å². The maximum atomic E-state index is 13.5. The van der Waals surface area contributed by atoms with E-state index in [0.717, 1.165) is 22.6 Å². The van der Waals surface area contributed by atoms with Gasteiger partial charge in [0.25, 0.3) is 0 Å². The van der Waals surface area contributed by atoms with E-state index in [-0.39, 0.29) is 11.5 Å². The van der Waals surface area contributed by atoms with Crippen molar-refractivity contribution in [1.29, 1.82) is 0 Å². The standard InChI is InChI=1S/C14H10F2OS2/c15-11-3-4-12(16)13(8-11)19-9-14-10(2-1-6-17)5-7-18-14/h3-5,7-8,17H,6,9H2. The predicted molar refractivity (Wildman–Crippen MR) is 74.2 cm³/mol. The first-order valence-electron chi connectivity index (χ1n) is 5.44. The molecular weight excluding hydrogens is 286 g/mol. The largest absolute Gasteiger partial charge is 0.384 e. The maximum absolute atomic E-state index is 13.5. The van der Waals surface area contributed by atoms with Crippen LogP contribution in [0.15, 0.2) is 34.5 Å². The molecule has 2 aromatic rings. The Labute approximate surface area is 118 Å². The Morgan fingerprint density at radius 1 is 1.26 bits per heavy atom. The van der Waals surface area contributed by atoms with E-state index >= 15 is 0 Å². The quantitative estimate of drug-likeness (QED) is 0.689. The molecule has 0 atom stereocenters. The van der Waals surface area contributed by atoms with E-state index in [1.807, 2.05) is 11.4 Å². The number of benzene rings is 1. The molecule has 1 aromatic heterocycles. The number of aliphatic hydroxyl groups is 1. The molecule has 1 heterocycles. The van der Waals surface area contributed by atoms with Crippen molar-refractivity contribution in [3.05, 3.63) is 51.7 Å². The normalized spacial score (nSPS) is 10.1. The van der Waals surface area contributed by atoms with E-state index in [9.17, 15) is 8.78 Å². The second-order valence-corrected chi connectivity index (χ2v) is 5.60. The molecule has 0 fully saturated rings. The first kappa shape index (κ1) is 14.1. The summed E-state index contributed by atoms with van der Waals surface area (Å²) in [6.07, 6.45) is 0. The lowest BCUT2D eigenvalue weighted by atomic mass is 10.3. The fourth-order valence-corrected chi connectivity index (χ4v) is 3.34. The average Bonchev–Trinajstić information content (AvgIpc) is 2.85.